The van der Waals surface area contributed by atoms with Crippen LogP contribution in [0, 0.1) is 5.92 Å². The van der Waals surface area contributed by atoms with Crippen molar-refractivity contribution in [2.24, 2.45) is 13.0 Å². The summed E-state index contributed by atoms with van der Waals surface area (Å²) < 4.78 is 20.3. The third kappa shape index (κ3) is 2.49. The van der Waals surface area contributed by atoms with Gasteiger partial charge in [-0.1, -0.05) is 0 Å². The highest BCUT2D eigenvalue weighted by Gasteiger charge is 2.34. The van der Waals surface area contributed by atoms with Crippen LogP contribution in [0.2, 0.25) is 0 Å². The van der Waals surface area contributed by atoms with Gasteiger partial charge in [0.1, 0.15) is 12.3 Å². The number of alkyl halides is 1. The molecule has 0 radical (unpaired) electrons. The second-order valence-corrected chi connectivity index (χ2v) is 5.41. The van der Waals surface area contributed by atoms with Crippen molar-refractivity contribution in [1.82, 2.24) is 20.0 Å². The number of amides is 2. The Morgan fingerprint density at radius 1 is 1.60 bits per heavy atom. The average molecular weight is 282 g/mol. The summed E-state index contributed by atoms with van der Waals surface area (Å²) in [4.78, 5) is 13.3. The number of carbonyl (C=O) groups excluding carboxylic acids is 1. The Hall–Kier alpha value is -1.63. The largest absolute Gasteiger partial charge is 0.372 e. The van der Waals surface area contributed by atoms with Crippen LogP contribution in [0.3, 0.4) is 0 Å². The molecule has 110 valence electrons. The summed E-state index contributed by atoms with van der Waals surface area (Å²) in [6.45, 7) is 1.64. The van der Waals surface area contributed by atoms with E-state index in [2.05, 4.69) is 10.4 Å². The van der Waals surface area contributed by atoms with Crippen molar-refractivity contribution < 1.29 is 13.9 Å². The first kappa shape index (κ1) is 13.4. The molecule has 3 rings (SSSR count). The molecule has 0 bridgehead atoms. The van der Waals surface area contributed by atoms with Crippen molar-refractivity contribution in [3.05, 3.63) is 18.0 Å². The van der Waals surface area contributed by atoms with Crippen molar-refractivity contribution in [2.75, 3.05) is 26.2 Å². The molecular formula is C13H19FN4O2. The second kappa shape index (κ2) is 5.40. The first-order valence-corrected chi connectivity index (χ1v) is 6.91. The Kier molecular flexibility index (Phi) is 3.60. The number of hydrogen-bond donors (Lipinski definition) is 1. The van der Waals surface area contributed by atoms with Gasteiger partial charge in [-0.2, -0.15) is 5.10 Å². The molecule has 20 heavy (non-hydrogen) atoms. The lowest BCUT2D eigenvalue weighted by atomic mass is 9.99. The van der Waals surface area contributed by atoms with Crippen LogP contribution >= 0.6 is 0 Å². The number of aryl methyl sites for hydroxylation is 1. The van der Waals surface area contributed by atoms with E-state index in [-0.39, 0.29) is 31.1 Å². The number of carbonyl (C=O) groups is 1. The number of nitrogens with one attached hydrogen (secondary N) is 1. The highest BCUT2D eigenvalue weighted by atomic mass is 19.1. The van der Waals surface area contributed by atoms with Gasteiger partial charge in [-0.05, 0) is 12.5 Å². The van der Waals surface area contributed by atoms with Crippen LogP contribution in [0.4, 0.5) is 9.18 Å². The van der Waals surface area contributed by atoms with Gasteiger partial charge in [-0.15, -0.1) is 0 Å². The van der Waals surface area contributed by atoms with Crippen LogP contribution in [-0.2, 0) is 11.8 Å². The van der Waals surface area contributed by atoms with Crippen LogP contribution in [0.15, 0.2) is 12.3 Å². The molecular weight excluding hydrogens is 263 g/mol. The molecule has 0 aromatic carbocycles. The highest BCUT2D eigenvalue weighted by Crippen LogP contribution is 2.33. The van der Waals surface area contributed by atoms with E-state index in [1.165, 1.54) is 4.90 Å². The third-order valence-corrected chi connectivity index (χ3v) is 4.00. The van der Waals surface area contributed by atoms with Crippen LogP contribution in [-0.4, -0.2) is 53.1 Å². The topological polar surface area (TPSA) is 59.4 Å². The lowest BCUT2D eigenvalue weighted by molar-refractivity contribution is 0.0777. The van der Waals surface area contributed by atoms with E-state index in [1.807, 2.05) is 13.1 Å². The molecule has 2 aliphatic heterocycles. The van der Waals surface area contributed by atoms with Crippen LogP contribution in [0.5, 0.6) is 0 Å². The number of nitrogens with zero attached hydrogens (tertiary/aromatic N) is 3. The molecule has 0 spiro atoms. The zero-order chi connectivity index (χ0) is 14.1. The predicted molar refractivity (Wildman–Crippen MR) is 69.9 cm³/mol. The smallest absolute Gasteiger partial charge is 0.317 e. The molecule has 2 aliphatic rings. The van der Waals surface area contributed by atoms with Gasteiger partial charge in [-0.3, -0.25) is 4.68 Å². The fourth-order valence-corrected chi connectivity index (χ4v) is 2.75. The lowest BCUT2D eigenvalue weighted by Gasteiger charge is -2.34. The Balaban J connectivity index is 1.54. The summed E-state index contributed by atoms with van der Waals surface area (Å²) in [5.41, 5.74) is 1.02. The van der Waals surface area contributed by atoms with Crippen molar-refractivity contribution in [1.29, 1.82) is 0 Å². The number of rotatable bonds is 3. The number of halogens is 1. The number of hydrogen-bond acceptors (Lipinski definition) is 3. The summed E-state index contributed by atoms with van der Waals surface area (Å²) in [6.07, 6.45) is 1.75. The Morgan fingerprint density at radius 3 is 3.05 bits per heavy atom. The summed E-state index contributed by atoms with van der Waals surface area (Å²) in [5.74, 6) is 0.233. The van der Waals surface area contributed by atoms with Gasteiger partial charge in [-0.25, -0.2) is 9.18 Å². The minimum atomic E-state index is -0.863. The van der Waals surface area contributed by atoms with Gasteiger partial charge in [0.15, 0.2) is 0 Å². The molecule has 0 aliphatic carbocycles. The fourth-order valence-electron chi connectivity index (χ4n) is 2.75. The molecule has 0 unspecified atom stereocenters. The maximum Gasteiger partial charge on any atom is 0.317 e. The van der Waals surface area contributed by atoms with Crippen molar-refractivity contribution in [2.45, 2.75) is 18.7 Å². The predicted octanol–water partition coefficient (Wildman–Crippen LogP) is 0.861. The maximum absolute atomic E-state index is 12.7. The van der Waals surface area contributed by atoms with Gasteiger partial charge in [0.2, 0.25) is 0 Å². The monoisotopic (exact) mass is 282 g/mol. The molecule has 2 amide bonds. The second-order valence-electron chi connectivity index (χ2n) is 5.41. The molecule has 0 saturated carbocycles. The van der Waals surface area contributed by atoms with Gasteiger partial charge in [0, 0.05) is 32.3 Å². The van der Waals surface area contributed by atoms with E-state index < -0.39 is 6.17 Å². The number of aromatic nitrogens is 2. The molecule has 2 fully saturated rings. The van der Waals surface area contributed by atoms with Gasteiger partial charge >= 0.3 is 6.03 Å². The molecule has 6 nitrogen and oxygen atoms in total. The zero-order valence-electron chi connectivity index (χ0n) is 11.5. The minimum absolute atomic E-state index is 0.0342. The SMILES string of the molecule is Cn1nccc1[C@@H]1OCC[C@H]1CNC(=O)N1CC(F)C1. The minimum Gasteiger partial charge on any atom is -0.372 e. The lowest BCUT2D eigenvalue weighted by Crippen LogP contribution is -2.55. The first-order chi connectivity index (χ1) is 9.65. The van der Waals surface area contributed by atoms with E-state index in [4.69, 9.17) is 4.74 Å². The highest BCUT2D eigenvalue weighted by molar-refractivity contribution is 5.75. The quantitative estimate of drug-likeness (QED) is 0.894. The Bertz CT molecular complexity index is 486. The molecule has 1 aromatic heterocycles. The average Bonchev–Trinajstić information content (AvgIpc) is 3.00. The van der Waals surface area contributed by atoms with E-state index >= 15 is 0 Å². The maximum atomic E-state index is 12.7. The van der Waals surface area contributed by atoms with Gasteiger partial charge < -0.3 is 15.0 Å². The fraction of sp³-hybridized carbons (Fsp3) is 0.692. The molecule has 1 N–H and O–H groups in total. The van der Waals surface area contributed by atoms with Gasteiger partial charge in [0.05, 0.1) is 18.8 Å². The van der Waals surface area contributed by atoms with Gasteiger partial charge in [0.25, 0.3) is 0 Å². The van der Waals surface area contributed by atoms with Crippen LogP contribution in [0.25, 0.3) is 0 Å². The van der Waals surface area contributed by atoms with E-state index in [0.717, 1.165) is 12.1 Å². The number of ether oxygens (including phenoxy) is 1. The third-order valence-electron chi connectivity index (χ3n) is 4.00. The number of likely N-dealkylation sites (tertiary alicyclic amines) is 1. The molecule has 1 aromatic rings. The van der Waals surface area contributed by atoms with Crippen molar-refractivity contribution in [3.63, 3.8) is 0 Å². The Morgan fingerprint density at radius 2 is 2.40 bits per heavy atom. The number of urea groups is 1. The molecule has 2 saturated heterocycles. The van der Waals surface area contributed by atoms with E-state index in [1.54, 1.807) is 10.9 Å². The standard InChI is InChI=1S/C13H19FN4O2/c1-17-11(2-4-16-17)12-9(3-5-20-12)6-15-13(19)18-7-10(14)8-18/h2,4,9-10,12H,3,5-8H2,1H3,(H,15,19)/t9-,12+/m0/s1. The first-order valence-electron chi connectivity index (χ1n) is 6.91. The van der Waals surface area contributed by atoms with Crippen LogP contribution in [0.1, 0.15) is 18.2 Å². The molecule has 7 heteroatoms. The molecule has 2 atom stereocenters. The summed E-state index contributed by atoms with van der Waals surface area (Å²) in [7, 11) is 1.88. The summed E-state index contributed by atoms with van der Waals surface area (Å²) >= 11 is 0. The molecule has 3 heterocycles. The van der Waals surface area contributed by atoms with Crippen molar-refractivity contribution >= 4 is 6.03 Å². The van der Waals surface area contributed by atoms with E-state index in [0.29, 0.717) is 13.2 Å². The normalized spacial score (nSPS) is 26.6. The summed E-state index contributed by atoms with van der Waals surface area (Å²) in [5, 5.41) is 7.02. The van der Waals surface area contributed by atoms with Crippen LogP contribution < -0.4 is 5.32 Å². The van der Waals surface area contributed by atoms with Crippen molar-refractivity contribution in [3.8, 4) is 0 Å². The Labute approximate surface area is 116 Å². The van der Waals surface area contributed by atoms with E-state index in [9.17, 15) is 9.18 Å². The zero-order valence-corrected chi connectivity index (χ0v) is 11.5. The summed E-state index contributed by atoms with van der Waals surface area (Å²) in [6, 6.07) is 1.75.